The summed E-state index contributed by atoms with van der Waals surface area (Å²) >= 11 is 0. The molecule has 0 saturated heterocycles. The number of benzene rings is 2. The highest BCUT2D eigenvalue weighted by molar-refractivity contribution is 5.66. The Kier molecular flexibility index (Phi) is 5.36. The SMILES string of the molecule is [2H]C1(c2ccc(-c3ccc(-c4ccccc4C)[n+](C)c3)cc2)CCC2(CCCCC2)CC1. The Morgan fingerprint density at radius 1 is 0.806 bits per heavy atom. The number of nitrogens with zero attached hydrogens (tertiary/aromatic N) is 1. The van der Waals surface area contributed by atoms with E-state index in [1.165, 1.54) is 78.5 Å². The monoisotopic (exact) mass is 411 g/mol. The van der Waals surface area contributed by atoms with Crippen molar-refractivity contribution in [1.29, 1.82) is 0 Å². The van der Waals surface area contributed by atoms with Crippen molar-refractivity contribution in [2.24, 2.45) is 12.5 Å². The van der Waals surface area contributed by atoms with E-state index < -0.39 is 5.89 Å². The maximum absolute atomic E-state index is 9.21. The first kappa shape index (κ1) is 19.3. The lowest BCUT2D eigenvalue weighted by Crippen LogP contribution is -2.30. The summed E-state index contributed by atoms with van der Waals surface area (Å²) in [5, 5.41) is 0. The smallest absolute Gasteiger partial charge is 0.200 e. The molecule has 31 heavy (non-hydrogen) atoms. The zero-order chi connectivity index (χ0) is 22.2. The van der Waals surface area contributed by atoms with Crippen LogP contribution in [-0.2, 0) is 7.05 Å². The first-order chi connectivity index (χ1) is 15.5. The van der Waals surface area contributed by atoms with E-state index in [0.29, 0.717) is 5.41 Å². The molecule has 1 heteroatoms. The van der Waals surface area contributed by atoms with Crippen molar-refractivity contribution in [2.45, 2.75) is 70.6 Å². The highest BCUT2D eigenvalue weighted by Gasteiger charge is 2.36. The van der Waals surface area contributed by atoms with Gasteiger partial charge < -0.3 is 0 Å². The maximum Gasteiger partial charge on any atom is 0.212 e. The topological polar surface area (TPSA) is 3.88 Å². The van der Waals surface area contributed by atoms with Crippen molar-refractivity contribution >= 4 is 0 Å². The summed E-state index contributed by atoms with van der Waals surface area (Å²) < 4.78 is 11.4. The lowest BCUT2D eigenvalue weighted by molar-refractivity contribution is -0.659. The predicted molar refractivity (Wildman–Crippen MR) is 130 cm³/mol. The third-order valence-electron chi connectivity index (χ3n) is 8.01. The quantitative estimate of drug-likeness (QED) is 0.388. The fourth-order valence-electron chi connectivity index (χ4n) is 5.99. The van der Waals surface area contributed by atoms with Gasteiger partial charge in [-0.3, -0.25) is 0 Å². The molecule has 0 radical (unpaired) electrons. The predicted octanol–water partition coefficient (Wildman–Crippen LogP) is 7.76. The van der Waals surface area contributed by atoms with Crippen molar-refractivity contribution in [3.8, 4) is 22.4 Å². The fourth-order valence-corrected chi connectivity index (χ4v) is 5.99. The van der Waals surface area contributed by atoms with E-state index in [0.717, 1.165) is 12.8 Å². The largest absolute Gasteiger partial charge is 0.212 e. The summed E-state index contributed by atoms with van der Waals surface area (Å²) in [5.41, 5.74) is 8.02. The molecule has 2 aliphatic carbocycles. The fraction of sp³-hybridized carbons (Fsp3) is 0.433. The molecule has 0 unspecified atom stereocenters. The number of hydrogen-bond acceptors (Lipinski definition) is 0. The number of aromatic nitrogens is 1. The highest BCUT2D eigenvalue weighted by atomic mass is 14.9. The van der Waals surface area contributed by atoms with E-state index in [-0.39, 0.29) is 0 Å². The summed E-state index contributed by atoms with van der Waals surface area (Å²) in [6, 6.07) is 21.9. The van der Waals surface area contributed by atoms with Gasteiger partial charge in [0, 0.05) is 18.6 Å². The molecule has 0 atom stereocenters. The summed E-state index contributed by atoms with van der Waals surface area (Å²) in [6.45, 7) is 2.17. The Labute approximate surface area is 189 Å². The molecule has 0 N–H and O–H groups in total. The zero-order valence-electron chi connectivity index (χ0n) is 20.2. The molecule has 1 spiro atoms. The average Bonchev–Trinajstić information content (AvgIpc) is 2.83. The molecule has 0 amide bonds. The molecule has 0 bridgehead atoms. The molecule has 1 nitrogen and oxygen atoms in total. The van der Waals surface area contributed by atoms with E-state index in [2.05, 4.69) is 85.4 Å². The van der Waals surface area contributed by atoms with Gasteiger partial charge in [0.05, 0.1) is 0 Å². The Bertz CT molecular complexity index is 1080. The van der Waals surface area contributed by atoms with Crippen LogP contribution in [0.15, 0.2) is 66.9 Å². The average molecular weight is 412 g/mol. The number of hydrogen-bond donors (Lipinski definition) is 0. The maximum atomic E-state index is 9.21. The minimum absolute atomic E-state index is 0.402. The van der Waals surface area contributed by atoms with Gasteiger partial charge in [-0.1, -0.05) is 61.7 Å². The van der Waals surface area contributed by atoms with E-state index in [4.69, 9.17) is 0 Å². The van der Waals surface area contributed by atoms with Crippen molar-refractivity contribution < 1.29 is 5.94 Å². The van der Waals surface area contributed by atoms with Crippen LogP contribution in [0.5, 0.6) is 0 Å². The lowest BCUT2D eigenvalue weighted by atomic mass is 9.62. The van der Waals surface area contributed by atoms with Gasteiger partial charge in [-0.25, -0.2) is 4.57 Å². The Hall–Kier alpha value is -2.41. The molecule has 0 aliphatic heterocycles. The molecule has 2 aliphatic rings. The van der Waals surface area contributed by atoms with Crippen LogP contribution in [0.2, 0.25) is 0 Å². The number of rotatable bonds is 3. The molecule has 160 valence electrons. The second kappa shape index (κ2) is 8.61. The zero-order valence-corrected chi connectivity index (χ0v) is 19.2. The normalized spacial score (nSPS) is 20.4. The van der Waals surface area contributed by atoms with Crippen LogP contribution in [-0.4, -0.2) is 0 Å². The number of aryl methyl sites for hydroxylation is 2. The number of pyridine rings is 1. The van der Waals surface area contributed by atoms with Crippen LogP contribution in [0.1, 0.15) is 76.2 Å². The molecule has 3 aromatic rings. The highest BCUT2D eigenvalue weighted by Crippen LogP contribution is 2.51. The summed E-state index contributed by atoms with van der Waals surface area (Å²) in [5.74, 6) is -0.402. The van der Waals surface area contributed by atoms with E-state index in [1.54, 1.807) is 0 Å². The molecule has 2 saturated carbocycles. The van der Waals surface area contributed by atoms with Gasteiger partial charge in [0.15, 0.2) is 6.20 Å². The third-order valence-corrected chi connectivity index (χ3v) is 8.01. The van der Waals surface area contributed by atoms with Crippen molar-refractivity contribution in [3.63, 3.8) is 0 Å². The van der Waals surface area contributed by atoms with Crippen LogP contribution < -0.4 is 4.57 Å². The van der Waals surface area contributed by atoms with Gasteiger partial charge in [0.25, 0.3) is 0 Å². The molecule has 1 aromatic heterocycles. The van der Waals surface area contributed by atoms with Gasteiger partial charge in [0.1, 0.15) is 7.05 Å². The molecule has 2 fully saturated rings. The van der Waals surface area contributed by atoms with Crippen molar-refractivity contribution in [2.75, 3.05) is 0 Å². The summed E-state index contributed by atoms with van der Waals surface area (Å²) in [4.78, 5) is 0. The molecule has 2 aromatic carbocycles. The first-order valence-corrected chi connectivity index (χ1v) is 12.1. The minimum Gasteiger partial charge on any atom is -0.200 e. The van der Waals surface area contributed by atoms with Gasteiger partial charge in [-0.2, -0.15) is 0 Å². The Morgan fingerprint density at radius 3 is 2.16 bits per heavy atom. The molecular formula is C30H36N+. The second-order valence-electron chi connectivity index (χ2n) is 9.97. The van der Waals surface area contributed by atoms with Crippen molar-refractivity contribution in [3.05, 3.63) is 78.0 Å². The summed E-state index contributed by atoms with van der Waals surface area (Å²) in [6.07, 6.45) is 13.8. The Balaban J connectivity index is 1.34. The standard InChI is InChI=1S/C30H36N/c1-23-8-4-5-9-28(23)29-15-14-27(22-31(29)2)25-12-10-24(11-13-25)26-16-20-30(21-17-26)18-6-3-7-19-30/h4-5,8-15,22,26H,3,6-7,16-21H2,1-2H3/q+1/i26D. The Morgan fingerprint density at radius 2 is 1.48 bits per heavy atom. The van der Waals surface area contributed by atoms with Crippen LogP contribution in [0.3, 0.4) is 0 Å². The molecule has 1 heterocycles. The van der Waals surface area contributed by atoms with Crippen molar-refractivity contribution in [1.82, 2.24) is 0 Å². The van der Waals surface area contributed by atoms with Gasteiger partial charge in [0.2, 0.25) is 5.69 Å². The first-order valence-electron chi connectivity index (χ1n) is 12.6. The molecular weight excluding hydrogens is 374 g/mol. The van der Waals surface area contributed by atoms with Crippen LogP contribution in [0.4, 0.5) is 0 Å². The minimum atomic E-state index is -0.402. The third kappa shape index (κ3) is 4.20. The second-order valence-corrected chi connectivity index (χ2v) is 9.97. The van der Waals surface area contributed by atoms with Crippen LogP contribution in [0.25, 0.3) is 22.4 Å². The van der Waals surface area contributed by atoms with Gasteiger partial charge in [-0.15, -0.1) is 0 Å². The summed E-state index contributed by atoms with van der Waals surface area (Å²) in [7, 11) is 2.13. The van der Waals surface area contributed by atoms with Crippen LogP contribution >= 0.6 is 0 Å². The van der Waals surface area contributed by atoms with Gasteiger partial charge in [-0.05, 0) is 85.6 Å². The van der Waals surface area contributed by atoms with Gasteiger partial charge >= 0.3 is 0 Å². The van der Waals surface area contributed by atoms with E-state index in [1.807, 2.05) is 0 Å². The molecule has 5 rings (SSSR count). The van der Waals surface area contributed by atoms with Crippen LogP contribution in [0, 0.1) is 12.3 Å². The van der Waals surface area contributed by atoms with E-state index in [9.17, 15) is 1.37 Å². The lowest BCUT2D eigenvalue weighted by Gasteiger charge is -2.43. The van der Waals surface area contributed by atoms with E-state index >= 15 is 0 Å².